The molecule has 4 rings (SSSR count). The predicted molar refractivity (Wildman–Crippen MR) is 102 cm³/mol. The van der Waals surface area contributed by atoms with Crippen molar-refractivity contribution in [2.75, 3.05) is 11.9 Å². The number of amides is 4. The lowest BCUT2D eigenvalue weighted by Gasteiger charge is -2.27. The Morgan fingerprint density at radius 2 is 2.00 bits per heavy atom. The van der Waals surface area contributed by atoms with Crippen LogP contribution >= 0.6 is 0 Å². The molecule has 0 bridgehead atoms. The molecule has 1 fully saturated rings. The van der Waals surface area contributed by atoms with Crippen molar-refractivity contribution in [1.82, 2.24) is 10.2 Å². The van der Waals surface area contributed by atoms with Crippen LogP contribution in [0.4, 0.5) is 5.69 Å². The Morgan fingerprint density at radius 1 is 1.21 bits per heavy atom. The lowest BCUT2D eigenvalue weighted by molar-refractivity contribution is -0.136. The van der Waals surface area contributed by atoms with Gasteiger partial charge in [0.1, 0.15) is 6.04 Å². The molecule has 1 unspecified atom stereocenters. The second kappa shape index (κ2) is 7.13. The summed E-state index contributed by atoms with van der Waals surface area (Å²) < 4.78 is 0. The van der Waals surface area contributed by atoms with Crippen LogP contribution in [0.3, 0.4) is 0 Å². The number of hydrogen-bond acceptors (Lipinski definition) is 7. The van der Waals surface area contributed by atoms with Crippen LogP contribution in [-0.2, 0) is 9.59 Å². The topological polar surface area (TPSA) is 120 Å². The highest BCUT2D eigenvalue weighted by Gasteiger charge is 2.45. The Balaban J connectivity index is 1.49. The van der Waals surface area contributed by atoms with Crippen molar-refractivity contribution < 1.29 is 19.2 Å². The van der Waals surface area contributed by atoms with Gasteiger partial charge in [0.2, 0.25) is 11.8 Å². The van der Waals surface area contributed by atoms with Crippen LogP contribution < -0.4 is 10.6 Å². The van der Waals surface area contributed by atoms with Crippen molar-refractivity contribution in [1.29, 1.82) is 0 Å². The fraction of sp³-hybridized carbons (Fsp3) is 0.400. The molecule has 1 aromatic rings. The number of piperidine rings is 1. The number of imide groups is 2. The zero-order chi connectivity index (χ0) is 20.6. The highest BCUT2D eigenvalue weighted by Crippen LogP contribution is 2.37. The van der Waals surface area contributed by atoms with Crippen molar-refractivity contribution in [3.05, 3.63) is 29.3 Å². The van der Waals surface area contributed by atoms with E-state index in [2.05, 4.69) is 26.8 Å². The first-order valence-corrected chi connectivity index (χ1v) is 9.42. The monoisotopic (exact) mass is 393 g/mol. The normalized spacial score (nSPS) is 21.6. The van der Waals surface area contributed by atoms with Gasteiger partial charge in [-0.2, -0.15) is 10.2 Å². The van der Waals surface area contributed by atoms with Crippen molar-refractivity contribution in [2.45, 2.75) is 43.8 Å². The Bertz CT molecular complexity index is 987. The summed E-state index contributed by atoms with van der Waals surface area (Å²) in [6.45, 7) is 0.494. The molecule has 9 nitrogen and oxygen atoms in total. The van der Waals surface area contributed by atoms with E-state index in [4.69, 9.17) is 6.42 Å². The van der Waals surface area contributed by atoms with Gasteiger partial charge in [-0.15, -0.1) is 12.3 Å². The molecule has 9 heteroatoms. The number of nitrogens with one attached hydrogen (secondary N) is 2. The quantitative estimate of drug-likeness (QED) is 0.537. The minimum atomic E-state index is -0.982. The number of carbonyl (C=O) groups excluding carboxylic acids is 4. The Hall–Kier alpha value is -3.54. The molecule has 0 aromatic heterocycles. The zero-order valence-electron chi connectivity index (χ0n) is 15.6. The fourth-order valence-corrected chi connectivity index (χ4v) is 3.73. The Morgan fingerprint density at radius 3 is 2.69 bits per heavy atom. The third-order valence-electron chi connectivity index (χ3n) is 5.36. The van der Waals surface area contributed by atoms with Gasteiger partial charge >= 0.3 is 0 Å². The molecular weight excluding hydrogens is 374 g/mol. The summed E-state index contributed by atoms with van der Waals surface area (Å²) in [5.74, 6) is 0.483. The maximum absolute atomic E-state index is 13.0. The van der Waals surface area contributed by atoms with Crippen molar-refractivity contribution >= 4 is 29.3 Å². The zero-order valence-corrected chi connectivity index (χ0v) is 15.6. The Labute approximate surface area is 166 Å². The summed E-state index contributed by atoms with van der Waals surface area (Å²) in [5.41, 5.74) is 0.552. The van der Waals surface area contributed by atoms with Gasteiger partial charge < -0.3 is 5.32 Å². The van der Waals surface area contributed by atoms with E-state index in [1.807, 2.05) is 0 Å². The van der Waals surface area contributed by atoms with Gasteiger partial charge in [-0.05, 0) is 18.6 Å². The van der Waals surface area contributed by atoms with Crippen LogP contribution in [-0.4, -0.2) is 46.8 Å². The number of rotatable bonds is 7. The lowest BCUT2D eigenvalue weighted by Crippen LogP contribution is -2.54. The first-order valence-electron chi connectivity index (χ1n) is 9.42. The molecule has 1 saturated heterocycles. The van der Waals surface area contributed by atoms with Gasteiger partial charge in [0.05, 0.1) is 11.1 Å². The van der Waals surface area contributed by atoms with E-state index in [9.17, 15) is 19.2 Å². The van der Waals surface area contributed by atoms with Crippen LogP contribution in [0.25, 0.3) is 0 Å². The smallest absolute Gasteiger partial charge is 0.264 e. The number of hydrogen-bond donors (Lipinski definition) is 2. The van der Waals surface area contributed by atoms with Gasteiger partial charge in [-0.25, -0.2) is 0 Å². The van der Waals surface area contributed by atoms with Crippen molar-refractivity contribution in [2.24, 2.45) is 10.2 Å². The molecule has 1 atom stereocenters. The molecule has 3 aliphatic rings. The summed E-state index contributed by atoms with van der Waals surface area (Å²) in [7, 11) is 0. The molecule has 1 aromatic carbocycles. The number of benzene rings is 1. The maximum Gasteiger partial charge on any atom is 0.264 e. The molecule has 0 spiro atoms. The number of nitrogens with zero attached hydrogens (tertiary/aromatic N) is 3. The Kier molecular flexibility index (Phi) is 4.62. The second-order valence-electron chi connectivity index (χ2n) is 7.24. The predicted octanol–water partition coefficient (Wildman–Crippen LogP) is 1.47. The van der Waals surface area contributed by atoms with Crippen LogP contribution in [0.1, 0.15) is 52.8 Å². The van der Waals surface area contributed by atoms with Crippen molar-refractivity contribution in [3.8, 4) is 12.3 Å². The first kappa shape index (κ1) is 18.8. The lowest BCUT2D eigenvalue weighted by atomic mass is 10.0. The highest BCUT2D eigenvalue weighted by molar-refractivity contribution is 6.25. The SMILES string of the molecule is C#CCCC1(CCNc2cccc3c2C(=O)N(C2CCC(=O)NC2=O)C3=O)N=N1. The molecular formula is C20H19N5O4. The highest BCUT2D eigenvalue weighted by atomic mass is 16.2. The van der Waals surface area contributed by atoms with E-state index in [-0.39, 0.29) is 24.0 Å². The first-order chi connectivity index (χ1) is 14.0. The largest absolute Gasteiger partial charge is 0.384 e. The second-order valence-corrected chi connectivity index (χ2v) is 7.24. The minimum Gasteiger partial charge on any atom is -0.384 e. The molecule has 0 saturated carbocycles. The number of anilines is 1. The third-order valence-corrected chi connectivity index (χ3v) is 5.36. The van der Waals surface area contributed by atoms with Gasteiger partial charge in [-0.1, -0.05) is 6.07 Å². The molecule has 3 heterocycles. The fourth-order valence-electron chi connectivity index (χ4n) is 3.73. The van der Waals surface area contributed by atoms with Gasteiger partial charge in [0, 0.05) is 37.9 Å². The molecule has 0 radical (unpaired) electrons. The van der Waals surface area contributed by atoms with Crippen LogP contribution in [0, 0.1) is 12.3 Å². The summed E-state index contributed by atoms with van der Waals surface area (Å²) in [6.07, 6.45) is 7.39. The van der Waals surface area contributed by atoms with Crippen LogP contribution in [0.15, 0.2) is 28.4 Å². The van der Waals surface area contributed by atoms with Gasteiger partial charge in [-0.3, -0.25) is 29.4 Å². The summed E-state index contributed by atoms with van der Waals surface area (Å²) >= 11 is 0. The molecule has 3 aliphatic heterocycles. The molecule has 0 aliphatic carbocycles. The summed E-state index contributed by atoms with van der Waals surface area (Å²) in [5, 5.41) is 13.5. The van der Waals surface area contributed by atoms with E-state index in [1.54, 1.807) is 18.2 Å². The summed E-state index contributed by atoms with van der Waals surface area (Å²) in [4.78, 5) is 50.3. The molecule has 148 valence electrons. The van der Waals surface area contributed by atoms with Crippen LogP contribution in [0.2, 0.25) is 0 Å². The van der Waals surface area contributed by atoms with Crippen LogP contribution in [0.5, 0.6) is 0 Å². The summed E-state index contributed by atoms with van der Waals surface area (Å²) in [6, 6.07) is 3.98. The number of carbonyl (C=O) groups is 4. The minimum absolute atomic E-state index is 0.0850. The van der Waals surface area contributed by atoms with E-state index >= 15 is 0 Å². The van der Waals surface area contributed by atoms with E-state index in [1.165, 1.54) is 0 Å². The molecule has 4 amide bonds. The van der Waals surface area contributed by atoms with Gasteiger partial charge in [0.25, 0.3) is 11.8 Å². The van der Waals surface area contributed by atoms with E-state index in [0.717, 1.165) is 4.90 Å². The van der Waals surface area contributed by atoms with E-state index < -0.39 is 35.3 Å². The average Bonchev–Trinajstić information content (AvgIpc) is 3.42. The van der Waals surface area contributed by atoms with Crippen molar-refractivity contribution in [3.63, 3.8) is 0 Å². The molecule has 2 N–H and O–H groups in total. The van der Waals surface area contributed by atoms with Gasteiger partial charge in [0.15, 0.2) is 5.66 Å². The van der Waals surface area contributed by atoms with E-state index in [0.29, 0.717) is 31.5 Å². The third kappa shape index (κ3) is 3.38. The number of fused-ring (bicyclic) bond motifs is 1. The average molecular weight is 393 g/mol. The number of terminal acetylenes is 1. The standard InChI is InChI=1S/C20H19N5O4/c1-2-3-9-20(23-24-20)10-11-21-13-6-4-5-12-16(13)19(29)25(18(12)28)14-7-8-15(26)22-17(14)27/h1,4-6,14,21H,3,7-11H2,(H,22,26,27). The molecule has 29 heavy (non-hydrogen) atoms. The maximum atomic E-state index is 13.0.